The number of para-hydroxylation sites is 1. The fourth-order valence-corrected chi connectivity index (χ4v) is 3.11. The second kappa shape index (κ2) is 11.4. The highest BCUT2D eigenvalue weighted by atomic mass is 19.1. The average molecular weight is 413 g/mol. The van der Waals surface area contributed by atoms with Crippen molar-refractivity contribution in [3.05, 3.63) is 84.1 Å². The molecule has 30 heavy (non-hydrogen) atoms. The Morgan fingerprint density at radius 2 is 1.80 bits per heavy atom. The van der Waals surface area contributed by atoms with Crippen molar-refractivity contribution in [3.8, 4) is 11.5 Å². The van der Waals surface area contributed by atoms with Crippen LogP contribution in [0.4, 0.5) is 4.39 Å². The molecule has 0 saturated carbocycles. The molecule has 6 heteroatoms. The van der Waals surface area contributed by atoms with E-state index in [2.05, 4.69) is 11.8 Å². The zero-order valence-electron chi connectivity index (χ0n) is 17.2. The van der Waals surface area contributed by atoms with Gasteiger partial charge in [0.25, 0.3) is 0 Å². The van der Waals surface area contributed by atoms with Crippen LogP contribution in [0.1, 0.15) is 24.7 Å². The molecule has 1 aromatic heterocycles. The van der Waals surface area contributed by atoms with Crippen LogP contribution in [-0.4, -0.2) is 35.9 Å². The van der Waals surface area contributed by atoms with E-state index in [1.54, 1.807) is 18.4 Å². The van der Waals surface area contributed by atoms with E-state index in [0.29, 0.717) is 32.0 Å². The van der Waals surface area contributed by atoms with Crippen LogP contribution < -0.4 is 9.47 Å². The van der Waals surface area contributed by atoms with Crippen LogP contribution >= 0.6 is 0 Å². The highest BCUT2D eigenvalue weighted by Crippen LogP contribution is 2.22. The normalized spacial score (nSPS) is 12.1. The first-order chi connectivity index (χ1) is 14.6. The zero-order valence-corrected chi connectivity index (χ0v) is 17.2. The highest BCUT2D eigenvalue weighted by molar-refractivity contribution is 5.33. The fraction of sp³-hybridized carbons (Fsp3) is 0.333. The van der Waals surface area contributed by atoms with Crippen LogP contribution in [0.15, 0.2) is 71.3 Å². The van der Waals surface area contributed by atoms with Gasteiger partial charge in [-0.3, -0.25) is 4.90 Å². The lowest BCUT2D eigenvalue weighted by atomic mass is 10.1. The lowest BCUT2D eigenvalue weighted by Crippen LogP contribution is -2.35. The first-order valence-corrected chi connectivity index (χ1v) is 10.2. The minimum absolute atomic E-state index is 0.105. The van der Waals surface area contributed by atoms with Crippen LogP contribution in [0.2, 0.25) is 0 Å². The summed E-state index contributed by atoms with van der Waals surface area (Å²) < 4.78 is 30.0. The van der Waals surface area contributed by atoms with Crippen molar-refractivity contribution < 1.29 is 23.4 Å². The maximum absolute atomic E-state index is 13.0. The molecule has 0 fully saturated rings. The van der Waals surface area contributed by atoms with Gasteiger partial charge >= 0.3 is 0 Å². The topological polar surface area (TPSA) is 55.1 Å². The predicted molar refractivity (Wildman–Crippen MR) is 113 cm³/mol. The molecular weight excluding hydrogens is 385 g/mol. The Morgan fingerprint density at radius 1 is 1.00 bits per heavy atom. The number of aliphatic hydroxyl groups is 1. The first-order valence-electron chi connectivity index (χ1n) is 10.2. The second-order valence-electron chi connectivity index (χ2n) is 7.12. The first kappa shape index (κ1) is 21.9. The van der Waals surface area contributed by atoms with Gasteiger partial charge in [-0.15, -0.1) is 0 Å². The van der Waals surface area contributed by atoms with Crippen LogP contribution in [-0.2, 0) is 13.1 Å². The van der Waals surface area contributed by atoms with Crippen molar-refractivity contribution in [1.29, 1.82) is 0 Å². The van der Waals surface area contributed by atoms with Crippen molar-refractivity contribution in [1.82, 2.24) is 4.90 Å². The summed E-state index contributed by atoms with van der Waals surface area (Å²) in [5.74, 6) is 1.86. The number of aliphatic hydroxyl groups excluding tert-OH is 1. The van der Waals surface area contributed by atoms with Gasteiger partial charge < -0.3 is 19.0 Å². The minimum Gasteiger partial charge on any atom is -0.493 e. The monoisotopic (exact) mass is 413 g/mol. The van der Waals surface area contributed by atoms with E-state index in [1.807, 2.05) is 36.4 Å². The highest BCUT2D eigenvalue weighted by Gasteiger charge is 2.17. The van der Waals surface area contributed by atoms with Crippen molar-refractivity contribution in [2.75, 3.05) is 19.8 Å². The molecule has 3 rings (SSSR count). The van der Waals surface area contributed by atoms with Gasteiger partial charge in [0.05, 0.1) is 19.4 Å². The second-order valence-corrected chi connectivity index (χ2v) is 7.12. The van der Waals surface area contributed by atoms with Crippen LogP contribution in [0.3, 0.4) is 0 Å². The Balaban J connectivity index is 1.64. The maximum Gasteiger partial charge on any atom is 0.123 e. The lowest BCUT2D eigenvalue weighted by molar-refractivity contribution is 0.0601. The van der Waals surface area contributed by atoms with Crippen LogP contribution in [0, 0.1) is 5.82 Å². The molecule has 1 atom stereocenters. The van der Waals surface area contributed by atoms with Crippen molar-refractivity contribution >= 4 is 0 Å². The van der Waals surface area contributed by atoms with Gasteiger partial charge in [0, 0.05) is 18.7 Å². The smallest absolute Gasteiger partial charge is 0.123 e. The molecule has 0 spiro atoms. The van der Waals surface area contributed by atoms with Gasteiger partial charge in [-0.2, -0.15) is 0 Å². The molecule has 1 N–H and O–H groups in total. The van der Waals surface area contributed by atoms with Gasteiger partial charge in [0.1, 0.15) is 35.8 Å². The molecule has 0 saturated heterocycles. The minimum atomic E-state index is -0.728. The van der Waals surface area contributed by atoms with Gasteiger partial charge in [-0.1, -0.05) is 25.1 Å². The molecule has 2 aromatic carbocycles. The Morgan fingerprint density at radius 3 is 2.53 bits per heavy atom. The Hall–Kier alpha value is -2.83. The quantitative estimate of drug-likeness (QED) is 0.468. The Kier molecular flexibility index (Phi) is 8.30. The van der Waals surface area contributed by atoms with E-state index in [0.717, 1.165) is 23.5 Å². The standard InChI is InChI=1S/C24H28FNO4/c1-2-13-29-24-8-4-3-6-19(24)15-26(17-23-7-5-14-28-23)16-21(27)18-30-22-11-9-20(25)10-12-22/h3-12,14,21,27H,2,13,15-18H2,1H3. The number of benzene rings is 2. The largest absolute Gasteiger partial charge is 0.493 e. The van der Waals surface area contributed by atoms with Crippen LogP contribution in [0.25, 0.3) is 0 Å². The summed E-state index contributed by atoms with van der Waals surface area (Å²) in [6, 6.07) is 17.4. The van der Waals surface area contributed by atoms with Gasteiger partial charge in [0.2, 0.25) is 0 Å². The maximum atomic E-state index is 13.0. The third-order valence-electron chi connectivity index (χ3n) is 4.51. The number of hydrogen-bond acceptors (Lipinski definition) is 5. The molecular formula is C24H28FNO4. The molecule has 0 aliphatic rings. The van der Waals surface area contributed by atoms with E-state index < -0.39 is 6.10 Å². The van der Waals surface area contributed by atoms with E-state index in [4.69, 9.17) is 13.9 Å². The Labute approximate surface area is 176 Å². The zero-order chi connectivity index (χ0) is 21.2. The molecule has 0 bridgehead atoms. The number of halogens is 1. The SMILES string of the molecule is CCCOc1ccccc1CN(Cc1ccco1)CC(O)COc1ccc(F)cc1. The molecule has 0 aliphatic heterocycles. The molecule has 3 aromatic rings. The molecule has 0 amide bonds. The fourth-order valence-electron chi connectivity index (χ4n) is 3.11. The summed E-state index contributed by atoms with van der Waals surface area (Å²) >= 11 is 0. The van der Waals surface area contributed by atoms with Crippen molar-refractivity contribution in [2.24, 2.45) is 0 Å². The van der Waals surface area contributed by atoms with E-state index in [-0.39, 0.29) is 12.4 Å². The van der Waals surface area contributed by atoms with Crippen LogP contribution in [0.5, 0.6) is 11.5 Å². The van der Waals surface area contributed by atoms with Gasteiger partial charge in [-0.05, 0) is 48.9 Å². The van der Waals surface area contributed by atoms with E-state index in [1.165, 1.54) is 12.1 Å². The molecule has 160 valence electrons. The number of furan rings is 1. The van der Waals surface area contributed by atoms with Crippen molar-refractivity contribution in [3.63, 3.8) is 0 Å². The van der Waals surface area contributed by atoms with Gasteiger partial charge in [0.15, 0.2) is 0 Å². The number of nitrogens with zero attached hydrogens (tertiary/aromatic N) is 1. The number of rotatable bonds is 12. The molecule has 0 radical (unpaired) electrons. The van der Waals surface area contributed by atoms with Crippen molar-refractivity contribution in [2.45, 2.75) is 32.5 Å². The van der Waals surface area contributed by atoms with E-state index in [9.17, 15) is 9.50 Å². The molecule has 0 aliphatic carbocycles. The third kappa shape index (κ3) is 6.90. The Bertz CT molecular complexity index is 867. The summed E-state index contributed by atoms with van der Waals surface area (Å²) in [6.45, 7) is 4.35. The summed E-state index contributed by atoms with van der Waals surface area (Å²) in [7, 11) is 0. The lowest BCUT2D eigenvalue weighted by Gasteiger charge is -2.25. The number of ether oxygens (including phenoxy) is 2. The van der Waals surface area contributed by atoms with E-state index >= 15 is 0 Å². The summed E-state index contributed by atoms with van der Waals surface area (Å²) in [5, 5.41) is 10.6. The van der Waals surface area contributed by atoms with Gasteiger partial charge in [-0.25, -0.2) is 4.39 Å². The summed E-state index contributed by atoms with van der Waals surface area (Å²) in [5.41, 5.74) is 1.05. The molecule has 1 heterocycles. The third-order valence-corrected chi connectivity index (χ3v) is 4.51. The summed E-state index contributed by atoms with van der Waals surface area (Å²) in [6.07, 6.45) is 1.85. The average Bonchev–Trinajstić information content (AvgIpc) is 3.26. The molecule has 1 unspecified atom stereocenters. The number of hydrogen-bond donors (Lipinski definition) is 1. The predicted octanol–water partition coefficient (Wildman–Crippen LogP) is 4.65. The molecule has 5 nitrogen and oxygen atoms in total. The summed E-state index contributed by atoms with van der Waals surface area (Å²) in [4.78, 5) is 2.09.